The highest BCUT2D eigenvalue weighted by atomic mass is 32.2. The molecule has 3 heterocycles. The third kappa shape index (κ3) is 6.10. The van der Waals surface area contributed by atoms with Crippen LogP contribution in [0.2, 0.25) is 0 Å². The Balaban J connectivity index is 1.35. The number of benzene rings is 1. The first kappa shape index (κ1) is 25.2. The molecule has 0 spiro atoms. The Labute approximate surface area is 222 Å². The van der Waals surface area contributed by atoms with E-state index in [0.29, 0.717) is 19.0 Å². The molecule has 2 aliphatic rings. The van der Waals surface area contributed by atoms with Crippen LogP contribution in [0.15, 0.2) is 47.8 Å². The van der Waals surface area contributed by atoms with Gasteiger partial charge >= 0.3 is 6.03 Å². The highest BCUT2D eigenvalue weighted by Crippen LogP contribution is 2.40. The van der Waals surface area contributed by atoms with E-state index in [1.807, 2.05) is 40.8 Å². The number of fused-ring (bicyclic) bond motifs is 1. The molecule has 1 aliphatic carbocycles. The number of amides is 2. The predicted octanol–water partition coefficient (Wildman–Crippen LogP) is 7.24. The van der Waals surface area contributed by atoms with Gasteiger partial charge in [0.25, 0.3) is 0 Å². The SMILES string of the molecule is CC(C)(C)NSc1cc(NC(=O)N2CCc3cnccc3C2)ccc1-c1cnc(C2CCCCC2)s1. The molecule has 1 aliphatic heterocycles. The lowest BCUT2D eigenvalue weighted by Gasteiger charge is -2.28. The van der Waals surface area contributed by atoms with Gasteiger partial charge in [-0.1, -0.05) is 25.3 Å². The number of pyridine rings is 1. The van der Waals surface area contributed by atoms with Crippen LogP contribution in [0.1, 0.15) is 74.9 Å². The quantitative estimate of drug-likeness (QED) is 0.346. The second kappa shape index (κ2) is 10.9. The van der Waals surface area contributed by atoms with Crippen molar-refractivity contribution >= 4 is 35.0 Å². The van der Waals surface area contributed by atoms with E-state index in [1.54, 1.807) is 18.1 Å². The monoisotopic (exact) mass is 521 g/mol. The second-order valence-corrected chi connectivity index (χ2v) is 12.7. The lowest BCUT2D eigenvalue weighted by molar-refractivity contribution is 0.206. The molecule has 0 bridgehead atoms. The average molecular weight is 522 g/mol. The second-order valence-electron chi connectivity index (χ2n) is 10.8. The molecular formula is C28H35N5OS2. The zero-order chi connectivity index (χ0) is 25.1. The van der Waals surface area contributed by atoms with Crippen LogP contribution in [0.4, 0.5) is 10.5 Å². The maximum absolute atomic E-state index is 13.1. The van der Waals surface area contributed by atoms with E-state index in [9.17, 15) is 4.79 Å². The van der Waals surface area contributed by atoms with Crippen LogP contribution in [-0.2, 0) is 13.0 Å². The molecule has 1 fully saturated rings. The zero-order valence-electron chi connectivity index (χ0n) is 21.3. The molecule has 3 aromatic rings. The largest absolute Gasteiger partial charge is 0.322 e. The third-order valence-electron chi connectivity index (χ3n) is 6.75. The minimum absolute atomic E-state index is 0.0435. The van der Waals surface area contributed by atoms with E-state index in [-0.39, 0.29) is 11.6 Å². The first-order valence-electron chi connectivity index (χ1n) is 12.9. The summed E-state index contributed by atoms with van der Waals surface area (Å²) in [5, 5.41) is 4.40. The molecular weight excluding hydrogens is 486 g/mol. The Morgan fingerprint density at radius 3 is 2.75 bits per heavy atom. The van der Waals surface area contributed by atoms with Crippen LogP contribution in [0.25, 0.3) is 10.4 Å². The van der Waals surface area contributed by atoms with Crippen LogP contribution in [-0.4, -0.2) is 33.0 Å². The van der Waals surface area contributed by atoms with Crippen LogP contribution in [0, 0.1) is 0 Å². The lowest BCUT2D eigenvalue weighted by atomic mass is 9.90. The average Bonchev–Trinajstić information content (AvgIpc) is 3.37. The predicted molar refractivity (Wildman–Crippen MR) is 149 cm³/mol. The number of anilines is 1. The standard InChI is InChI=1S/C28H35N5OS2/c1-28(2,3)32-36-24-15-22(31-27(34)33-14-12-20-16-29-13-11-21(20)18-33)9-10-23(24)25-17-30-26(35-25)19-7-5-4-6-8-19/h9-11,13,15-17,19,32H,4-8,12,14,18H2,1-3H3,(H,31,34). The van der Waals surface area contributed by atoms with Crippen molar-refractivity contribution in [3.8, 4) is 10.4 Å². The molecule has 1 saturated carbocycles. The molecule has 6 nitrogen and oxygen atoms in total. The summed E-state index contributed by atoms with van der Waals surface area (Å²) < 4.78 is 3.55. The van der Waals surface area contributed by atoms with Gasteiger partial charge in [-0.15, -0.1) is 11.3 Å². The van der Waals surface area contributed by atoms with Crippen molar-refractivity contribution in [2.24, 2.45) is 0 Å². The fourth-order valence-corrected chi connectivity index (χ4v) is 6.88. The van der Waals surface area contributed by atoms with Crippen LogP contribution in [0.3, 0.4) is 0 Å². The topological polar surface area (TPSA) is 70.2 Å². The van der Waals surface area contributed by atoms with E-state index in [0.717, 1.165) is 22.6 Å². The minimum Gasteiger partial charge on any atom is -0.320 e. The first-order valence-corrected chi connectivity index (χ1v) is 14.5. The van der Waals surface area contributed by atoms with Crippen molar-refractivity contribution in [3.63, 3.8) is 0 Å². The highest BCUT2D eigenvalue weighted by Gasteiger charge is 2.23. The van der Waals surface area contributed by atoms with E-state index in [2.05, 4.69) is 47.9 Å². The fourth-order valence-electron chi connectivity index (χ4n) is 4.80. The highest BCUT2D eigenvalue weighted by molar-refractivity contribution is 7.97. The molecule has 5 rings (SSSR count). The third-order valence-corrected chi connectivity index (χ3v) is 9.21. The molecule has 0 radical (unpaired) electrons. The van der Waals surface area contributed by atoms with Crippen LogP contribution >= 0.6 is 23.3 Å². The van der Waals surface area contributed by atoms with E-state index >= 15 is 0 Å². The van der Waals surface area contributed by atoms with E-state index in [4.69, 9.17) is 4.98 Å². The van der Waals surface area contributed by atoms with Gasteiger partial charge in [-0.05, 0) is 81.3 Å². The number of aromatic nitrogens is 2. The normalized spacial score (nSPS) is 16.6. The molecule has 0 atom stereocenters. The summed E-state index contributed by atoms with van der Waals surface area (Å²) in [6.07, 6.45) is 13.0. The summed E-state index contributed by atoms with van der Waals surface area (Å²) in [4.78, 5) is 26.3. The van der Waals surface area contributed by atoms with Crippen LogP contribution in [0.5, 0.6) is 0 Å². The van der Waals surface area contributed by atoms with Crippen molar-refractivity contribution < 1.29 is 4.79 Å². The van der Waals surface area contributed by atoms with Gasteiger partial charge in [0.1, 0.15) is 0 Å². The van der Waals surface area contributed by atoms with Gasteiger partial charge in [0, 0.05) is 59.3 Å². The number of carbonyl (C=O) groups excluding carboxylic acids is 1. The Kier molecular flexibility index (Phi) is 7.65. The number of nitrogens with zero attached hydrogens (tertiary/aromatic N) is 3. The van der Waals surface area contributed by atoms with E-state index in [1.165, 1.54) is 53.1 Å². The lowest BCUT2D eigenvalue weighted by Crippen LogP contribution is -2.38. The molecule has 2 amide bonds. The Morgan fingerprint density at radius 2 is 1.94 bits per heavy atom. The molecule has 190 valence electrons. The summed E-state index contributed by atoms with van der Waals surface area (Å²) in [5.41, 5.74) is 4.33. The number of hydrogen-bond donors (Lipinski definition) is 2. The summed E-state index contributed by atoms with van der Waals surface area (Å²) in [6, 6.07) is 8.15. The Bertz CT molecular complexity index is 1210. The van der Waals surface area contributed by atoms with Crippen molar-refractivity contribution in [2.45, 2.75) is 82.2 Å². The summed E-state index contributed by atoms with van der Waals surface area (Å²) in [6.45, 7) is 7.77. The van der Waals surface area contributed by atoms with Crippen molar-refractivity contribution in [3.05, 3.63) is 59.0 Å². The number of rotatable bonds is 5. The van der Waals surface area contributed by atoms with Crippen LogP contribution < -0.4 is 10.0 Å². The van der Waals surface area contributed by atoms with Crippen molar-refractivity contribution in [1.82, 2.24) is 19.6 Å². The molecule has 1 aromatic carbocycles. The minimum atomic E-state index is -0.0673. The number of nitrogens with one attached hydrogen (secondary N) is 2. The van der Waals surface area contributed by atoms with Gasteiger partial charge in [-0.3, -0.25) is 9.71 Å². The smallest absolute Gasteiger partial charge is 0.320 e. The van der Waals surface area contributed by atoms with Crippen molar-refractivity contribution in [2.75, 3.05) is 11.9 Å². The Morgan fingerprint density at radius 1 is 1.11 bits per heavy atom. The number of carbonyl (C=O) groups is 1. The molecule has 36 heavy (non-hydrogen) atoms. The molecule has 2 N–H and O–H groups in total. The maximum Gasteiger partial charge on any atom is 0.322 e. The fraction of sp³-hybridized carbons (Fsp3) is 0.464. The van der Waals surface area contributed by atoms with Crippen molar-refractivity contribution in [1.29, 1.82) is 0 Å². The summed E-state index contributed by atoms with van der Waals surface area (Å²) in [5.74, 6) is 0.602. The van der Waals surface area contributed by atoms with Gasteiger partial charge in [-0.2, -0.15) is 0 Å². The summed E-state index contributed by atoms with van der Waals surface area (Å²) >= 11 is 3.44. The zero-order valence-corrected chi connectivity index (χ0v) is 23.0. The first-order chi connectivity index (χ1) is 17.4. The van der Waals surface area contributed by atoms with Gasteiger partial charge in [0.15, 0.2) is 0 Å². The molecule has 0 unspecified atom stereocenters. The summed E-state index contributed by atoms with van der Waals surface area (Å²) in [7, 11) is 0. The molecule has 0 saturated heterocycles. The molecule has 2 aromatic heterocycles. The van der Waals surface area contributed by atoms with Gasteiger partial charge in [0.2, 0.25) is 0 Å². The van der Waals surface area contributed by atoms with E-state index < -0.39 is 0 Å². The molecule has 8 heteroatoms. The number of thiazole rings is 1. The van der Waals surface area contributed by atoms with Gasteiger partial charge in [0.05, 0.1) is 9.88 Å². The number of hydrogen-bond acceptors (Lipinski definition) is 6. The maximum atomic E-state index is 13.1. The van der Waals surface area contributed by atoms with Gasteiger partial charge in [-0.25, -0.2) is 9.78 Å². The Hall–Kier alpha value is -2.42. The number of urea groups is 1. The van der Waals surface area contributed by atoms with Gasteiger partial charge < -0.3 is 10.2 Å².